The first-order chi connectivity index (χ1) is 10.3. The third-order valence-electron chi connectivity index (χ3n) is 4.58. The lowest BCUT2D eigenvalue weighted by Gasteiger charge is -2.37. The predicted octanol–water partition coefficient (Wildman–Crippen LogP) is 2.89. The van der Waals surface area contributed by atoms with E-state index in [1.807, 2.05) is 30.3 Å². The Morgan fingerprint density at radius 1 is 1.05 bits per heavy atom. The van der Waals surface area contributed by atoms with Gasteiger partial charge in [0.25, 0.3) is 11.8 Å². The monoisotopic (exact) mass is 285 g/mol. The average molecular weight is 285 g/mol. The Bertz CT molecular complexity index is 595. The van der Waals surface area contributed by atoms with Crippen molar-refractivity contribution in [3.63, 3.8) is 0 Å². The van der Waals surface area contributed by atoms with Crippen molar-refractivity contribution in [1.29, 1.82) is 0 Å². The van der Waals surface area contributed by atoms with E-state index in [-0.39, 0.29) is 5.60 Å². The Morgan fingerprint density at radius 3 is 2.57 bits per heavy atom. The van der Waals surface area contributed by atoms with Crippen LogP contribution >= 0.6 is 0 Å². The summed E-state index contributed by atoms with van der Waals surface area (Å²) in [6, 6.07) is 9.89. The number of hydrogen-bond donors (Lipinski definition) is 0. The fourth-order valence-electron chi connectivity index (χ4n) is 3.31. The first kappa shape index (κ1) is 12.8. The lowest BCUT2D eigenvalue weighted by atomic mass is 9.89. The first-order valence-electron chi connectivity index (χ1n) is 7.63. The van der Waals surface area contributed by atoms with Crippen LogP contribution in [0, 0.1) is 0 Å². The van der Waals surface area contributed by atoms with Gasteiger partial charge in [-0.25, -0.2) is 0 Å². The lowest BCUT2D eigenvalue weighted by molar-refractivity contribution is -0.0148. The van der Waals surface area contributed by atoms with E-state index in [1.54, 1.807) is 0 Å². The highest BCUT2D eigenvalue weighted by atomic mass is 16.5. The van der Waals surface area contributed by atoms with E-state index < -0.39 is 0 Å². The number of piperidine rings is 1. The molecule has 0 bridgehead atoms. The zero-order valence-electron chi connectivity index (χ0n) is 12.0. The van der Waals surface area contributed by atoms with Gasteiger partial charge in [0.2, 0.25) is 0 Å². The second-order valence-corrected chi connectivity index (χ2v) is 5.89. The number of aromatic nitrogens is 2. The number of hydrogen-bond acceptors (Lipinski definition) is 5. The molecule has 4 rings (SSSR count). The Hall–Kier alpha value is -1.88. The largest absolute Gasteiger partial charge is 0.375 e. The van der Waals surface area contributed by atoms with E-state index in [1.165, 1.54) is 12.8 Å². The molecular weight excluding hydrogens is 266 g/mol. The summed E-state index contributed by atoms with van der Waals surface area (Å²) in [5.74, 6) is 1.28. The van der Waals surface area contributed by atoms with Gasteiger partial charge in [0.15, 0.2) is 0 Å². The fourth-order valence-corrected chi connectivity index (χ4v) is 3.31. The van der Waals surface area contributed by atoms with Gasteiger partial charge < -0.3 is 14.2 Å². The van der Waals surface area contributed by atoms with Gasteiger partial charge in [0.1, 0.15) is 0 Å². The van der Waals surface area contributed by atoms with Gasteiger partial charge in [-0.05, 0) is 43.0 Å². The van der Waals surface area contributed by atoms with Crippen molar-refractivity contribution in [3.05, 3.63) is 30.3 Å². The minimum absolute atomic E-state index is 0.127. The molecule has 0 saturated carbocycles. The van der Waals surface area contributed by atoms with E-state index in [0.29, 0.717) is 11.8 Å². The normalized spacial score (nSPS) is 21.0. The standard InChI is InChI=1S/C16H19N3O2/c1-2-5-13(6-3-1)14-17-15(18-21-14)19-10-8-16(9-11-19)7-4-12-20-16/h1-3,5-6H,4,7-12H2. The highest BCUT2D eigenvalue weighted by Crippen LogP contribution is 2.36. The van der Waals surface area contributed by atoms with Gasteiger partial charge in [-0.3, -0.25) is 0 Å². The molecule has 110 valence electrons. The van der Waals surface area contributed by atoms with Crippen LogP contribution in [0.15, 0.2) is 34.9 Å². The summed E-state index contributed by atoms with van der Waals surface area (Å²) in [6.45, 7) is 2.79. The molecule has 21 heavy (non-hydrogen) atoms. The summed E-state index contributed by atoms with van der Waals surface area (Å²) >= 11 is 0. The van der Waals surface area contributed by atoms with Gasteiger partial charge in [-0.15, -0.1) is 0 Å². The van der Waals surface area contributed by atoms with E-state index in [4.69, 9.17) is 9.26 Å². The van der Waals surface area contributed by atoms with Crippen LogP contribution in [-0.2, 0) is 4.74 Å². The Balaban J connectivity index is 1.47. The van der Waals surface area contributed by atoms with Crippen LogP contribution in [0.25, 0.3) is 11.5 Å². The van der Waals surface area contributed by atoms with Crippen LogP contribution < -0.4 is 4.90 Å². The summed E-state index contributed by atoms with van der Waals surface area (Å²) in [5.41, 5.74) is 1.09. The minimum Gasteiger partial charge on any atom is -0.375 e. The summed E-state index contributed by atoms with van der Waals surface area (Å²) in [5, 5.41) is 4.13. The fraction of sp³-hybridized carbons (Fsp3) is 0.500. The molecule has 0 aliphatic carbocycles. The van der Waals surface area contributed by atoms with Gasteiger partial charge >= 0.3 is 0 Å². The molecule has 0 unspecified atom stereocenters. The molecule has 1 aromatic carbocycles. The molecule has 2 aliphatic rings. The van der Waals surface area contributed by atoms with Gasteiger partial charge in [0, 0.05) is 25.3 Å². The molecule has 1 spiro atoms. The van der Waals surface area contributed by atoms with Crippen LogP contribution in [0.3, 0.4) is 0 Å². The number of nitrogens with zero attached hydrogens (tertiary/aromatic N) is 3. The van der Waals surface area contributed by atoms with Crippen LogP contribution in [-0.4, -0.2) is 35.4 Å². The third kappa shape index (κ3) is 2.42. The molecule has 2 aromatic rings. The van der Waals surface area contributed by atoms with Crippen LogP contribution in [0.2, 0.25) is 0 Å². The summed E-state index contributed by atoms with van der Waals surface area (Å²) in [7, 11) is 0. The average Bonchev–Trinajstić information content (AvgIpc) is 3.19. The summed E-state index contributed by atoms with van der Waals surface area (Å²) in [6.07, 6.45) is 4.51. The van der Waals surface area contributed by atoms with E-state index in [2.05, 4.69) is 15.0 Å². The molecule has 0 amide bonds. The predicted molar refractivity (Wildman–Crippen MR) is 79.1 cm³/mol. The molecule has 1 aromatic heterocycles. The topological polar surface area (TPSA) is 51.4 Å². The molecule has 5 heteroatoms. The molecule has 2 fully saturated rings. The highest BCUT2D eigenvalue weighted by Gasteiger charge is 2.39. The highest BCUT2D eigenvalue weighted by molar-refractivity contribution is 5.54. The van der Waals surface area contributed by atoms with Crippen molar-refractivity contribution in [3.8, 4) is 11.5 Å². The summed E-state index contributed by atoms with van der Waals surface area (Å²) < 4.78 is 11.3. The number of benzene rings is 1. The third-order valence-corrected chi connectivity index (χ3v) is 4.58. The number of ether oxygens (including phenoxy) is 1. The zero-order chi connectivity index (χ0) is 14.1. The molecule has 0 atom stereocenters. The van der Waals surface area contributed by atoms with E-state index in [9.17, 15) is 0 Å². The quantitative estimate of drug-likeness (QED) is 0.849. The van der Waals surface area contributed by atoms with Gasteiger partial charge in [0.05, 0.1) is 5.60 Å². The molecular formula is C16H19N3O2. The van der Waals surface area contributed by atoms with Gasteiger partial charge in [-0.1, -0.05) is 18.2 Å². The van der Waals surface area contributed by atoms with Crippen molar-refractivity contribution in [1.82, 2.24) is 10.1 Å². The number of rotatable bonds is 2. The Labute approximate surface area is 123 Å². The Kier molecular flexibility index (Phi) is 3.15. The maximum Gasteiger partial charge on any atom is 0.266 e. The number of anilines is 1. The molecule has 5 nitrogen and oxygen atoms in total. The maximum atomic E-state index is 5.95. The molecule has 0 radical (unpaired) electrons. The van der Waals surface area contributed by atoms with Crippen molar-refractivity contribution in [2.45, 2.75) is 31.3 Å². The van der Waals surface area contributed by atoms with Crippen LogP contribution in [0.1, 0.15) is 25.7 Å². The second-order valence-electron chi connectivity index (χ2n) is 5.89. The molecule has 3 heterocycles. The van der Waals surface area contributed by atoms with Crippen LogP contribution in [0.5, 0.6) is 0 Å². The van der Waals surface area contributed by atoms with Crippen molar-refractivity contribution in [2.24, 2.45) is 0 Å². The van der Waals surface area contributed by atoms with Crippen molar-refractivity contribution >= 4 is 5.95 Å². The van der Waals surface area contributed by atoms with Crippen molar-refractivity contribution < 1.29 is 9.26 Å². The second kappa shape index (κ2) is 5.15. The van der Waals surface area contributed by atoms with E-state index >= 15 is 0 Å². The zero-order valence-corrected chi connectivity index (χ0v) is 12.0. The maximum absolute atomic E-state index is 5.95. The van der Waals surface area contributed by atoms with Gasteiger partial charge in [-0.2, -0.15) is 4.98 Å². The SMILES string of the molecule is c1ccc(-c2nc(N3CCC4(CCCO4)CC3)no2)cc1. The molecule has 2 saturated heterocycles. The first-order valence-corrected chi connectivity index (χ1v) is 7.63. The minimum atomic E-state index is 0.127. The van der Waals surface area contributed by atoms with Crippen LogP contribution in [0.4, 0.5) is 5.95 Å². The lowest BCUT2D eigenvalue weighted by Crippen LogP contribution is -2.44. The van der Waals surface area contributed by atoms with E-state index in [0.717, 1.165) is 38.1 Å². The summed E-state index contributed by atoms with van der Waals surface area (Å²) in [4.78, 5) is 6.72. The Morgan fingerprint density at radius 2 is 1.86 bits per heavy atom. The van der Waals surface area contributed by atoms with Crippen molar-refractivity contribution in [2.75, 3.05) is 24.6 Å². The smallest absolute Gasteiger partial charge is 0.266 e. The molecule has 2 aliphatic heterocycles. The molecule has 0 N–H and O–H groups in total.